The fourth-order valence-electron chi connectivity index (χ4n) is 2.30. The standard InChI is InChI=1S/C15H22N2O2/c1-12(18)17-14-6-4-13(5-7-14)10-16-15(2)8-3-9-19-11-15/h4-7,16H,3,8-11H2,1-2H3,(H,17,18). The van der Waals surface area contributed by atoms with Gasteiger partial charge in [-0.3, -0.25) is 4.79 Å². The highest BCUT2D eigenvalue weighted by Crippen LogP contribution is 2.19. The third-order valence-electron chi connectivity index (χ3n) is 3.43. The molecule has 1 aromatic rings. The van der Waals surface area contributed by atoms with Crippen molar-refractivity contribution in [1.82, 2.24) is 5.32 Å². The van der Waals surface area contributed by atoms with Gasteiger partial charge in [0.1, 0.15) is 0 Å². The van der Waals surface area contributed by atoms with Crippen molar-refractivity contribution in [2.75, 3.05) is 18.5 Å². The van der Waals surface area contributed by atoms with Crippen molar-refractivity contribution in [3.05, 3.63) is 29.8 Å². The van der Waals surface area contributed by atoms with Crippen molar-refractivity contribution in [3.8, 4) is 0 Å². The van der Waals surface area contributed by atoms with E-state index >= 15 is 0 Å². The van der Waals surface area contributed by atoms with Crippen LogP contribution in [0.4, 0.5) is 5.69 Å². The lowest BCUT2D eigenvalue weighted by Crippen LogP contribution is -2.48. The Bertz CT molecular complexity index is 422. The Balaban J connectivity index is 1.87. The van der Waals surface area contributed by atoms with Crippen LogP contribution in [0, 0.1) is 0 Å². The first kappa shape index (κ1) is 14.0. The number of ether oxygens (including phenoxy) is 1. The number of anilines is 1. The van der Waals surface area contributed by atoms with Crippen LogP contribution in [0.1, 0.15) is 32.3 Å². The first-order valence-corrected chi connectivity index (χ1v) is 6.77. The van der Waals surface area contributed by atoms with Gasteiger partial charge in [0.25, 0.3) is 0 Å². The Morgan fingerprint density at radius 1 is 1.37 bits per heavy atom. The minimum absolute atomic E-state index is 0.0438. The van der Waals surface area contributed by atoms with Crippen LogP contribution >= 0.6 is 0 Å². The molecule has 1 aliphatic heterocycles. The molecule has 1 unspecified atom stereocenters. The number of nitrogens with one attached hydrogen (secondary N) is 2. The Morgan fingerprint density at radius 2 is 2.11 bits per heavy atom. The fourth-order valence-corrected chi connectivity index (χ4v) is 2.30. The van der Waals surface area contributed by atoms with E-state index in [9.17, 15) is 4.79 Å². The third kappa shape index (κ3) is 4.33. The minimum Gasteiger partial charge on any atom is -0.380 e. The molecule has 1 atom stereocenters. The zero-order valence-electron chi connectivity index (χ0n) is 11.7. The molecule has 2 N–H and O–H groups in total. The minimum atomic E-state index is -0.0438. The van der Waals surface area contributed by atoms with Gasteiger partial charge in [0.15, 0.2) is 0 Å². The Kier molecular flexibility index (Phi) is 4.56. The molecule has 1 aromatic carbocycles. The van der Waals surface area contributed by atoms with E-state index in [1.807, 2.05) is 24.3 Å². The van der Waals surface area contributed by atoms with Crippen molar-refractivity contribution in [3.63, 3.8) is 0 Å². The van der Waals surface area contributed by atoms with Gasteiger partial charge in [-0.1, -0.05) is 12.1 Å². The molecule has 1 amide bonds. The molecule has 0 saturated carbocycles. The van der Waals surface area contributed by atoms with Gasteiger partial charge < -0.3 is 15.4 Å². The highest BCUT2D eigenvalue weighted by molar-refractivity contribution is 5.88. The molecule has 0 aliphatic carbocycles. The molecular formula is C15H22N2O2. The Labute approximate surface area is 114 Å². The van der Waals surface area contributed by atoms with Gasteiger partial charge in [-0.25, -0.2) is 0 Å². The van der Waals surface area contributed by atoms with E-state index in [1.165, 1.54) is 12.5 Å². The molecule has 1 heterocycles. The predicted molar refractivity (Wildman–Crippen MR) is 76.0 cm³/mol. The highest BCUT2D eigenvalue weighted by atomic mass is 16.5. The quantitative estimate of drug-likeness (QED) is 0.875. The summed E-state index contributed by atoms with van der Waals surface area (Å²) in [4.78, 5) is 10.9. The first-order chi connectivity index (χ1) is 9.07. The molecule has 0 radical (unpaired) electrons. The summed E-state index contributed by atoms with van der Waals surface area (Å²) >= 11 is 0. The molecule has 0 aromatic heterocycles. The SMILES string of the molecule is CC(=O)Nc1ccc(CNC2(C)CCCOC2)cc1. The fraction of sp³-hybridized carbons (Fsp3) is 0.533. The van der Waals surface area contributed by atoms with Gasteiger partial charge in [-0.15, -0.1) is 0 Å². The van der Waals surface area contributed by atoms with Crippen LogP contribution in [0.25, 0.3) is 0 Å². The van der Waals surface area contributed by atoms with E-state index in [4.69, 9.17) is 4.74 Å². The van der Waals surface area contributed by atoms with E-state index < -0.39 is 0 Å². The van der Waals surface area contributed by atoms with Gasteiger partial charge in [-0.05, 0) is 37.5 Å². The van der Waals surface area contributed by atoms with Crippen molar-refractivity contribution in [2.24, 2.45) is 0 Å². The monoisotopic (exact) mass is 262 g/mol. The predicted octanol–water partition coefficient (Wildman–Crippen LogP) is 2.30. The molecule has 4 nitrogen and oxygen atoms in total. The number of hydrogen-bond acceptors (Lipinski definition) is 3. The van der Waals surface area contributed by atoms with Crippen molar-refractivity contribution in [1.29, 1.82) is 0 Å². The summed E-state index contributed by atoms with van der Waals surface area (Å²) in [6, 6.07) is 7.92. The second kappa shape index (κ2) is 6.17. The maximum absolute atomic E-state index is 10.9. The zero-order valence-corrected chi connectivity index (χ0v) is 11.7. The lowest BCUT2D eigenvalue weighted by molar-refractivity contribution is -0.114. The van der Waals surface area contributed by atoms with Crippen LogP contribution in [0.3, 0.4) is 0 Å². The maximum Gasteiger partial charge on any atom is 0.221 e. The first-order valence-electron chi connectivity index (χ1n) is 6.77. The summed E-state index contributed by atoms with van der Waals surface area (Å²) in [7, 11) is 0. The van der Waals surface area contributed by atoms with Crippen LogP contribution in [0.5, 0.6) is 0 Å². The average molecular weight is 262 g/mol. The van der Waals surface area contributed by atoms with E-state index in [2.05, 4.69) is 17.6 Å². The molecule has 4 heteroatoms. The van der Waals surface area contributed by atoms with Crippen LogP contribution in [-0.2, 0) is 16.1 Å². The van der Waals surface area contributed by atoms with Gasteiger partial charge >= 0.3 is 0 Å². The number of amides is 1. The number of rotatable bonds is 4. The van der Waals surface area contributed by atoms with Crippen LogP contribution in [0.15, 0.2) is 24.3 Å². The smallest absolute Gasteiger partial charge is 0.221 e. The maximum atomic E-state index is 10.9. The lowest BCUT2D eigenvalue weighted by Gasteiger charge is -2.34. The van der Waals surface area contributed by atoms with Gasteiger partial charge in [0.2, 0.25) is 5.91 Å². The molecule has 1 fully saturated rings. The van der Waals surface area contributed by atoms with E-state index in [-0.39, 0.29) is 11.4 Å². The summed E-state index contributed by atoms with van der Waals surface area (Å²) in [5.41, 5.74) is 2.12. The summed E-state index contributed by atoms with van der Waals surface area (Å²) in [6.07, 6.45) is 2.27. The number of carbonyl (C=O) groups excluding carboxylic acids is 1. The molecular weight excluding hydrogens is 240 g/mol. The number of carbonyl (C=O) groups is 1. The summed E-state index contributed by atoms with van der Waals surface area (Å²) in [6.45, 7) is 6.19. The third-order valence-corrected chi connectivity index (χ3v) is 3.43. The number of benzene rings is 1. The summed E-state index contributed by atoms with van der Waals surface area (Å²) < 4.78 is 5.53. The van der Waals surface area contributed by atoms with Crippen molar-refractivity contribution < 1.29 is 9.53 Å². The molecule has 0 bridgehead atoms. The molecule has 104 valence electrons. The van der Waals surface area contributed by atoms with Crippen molar-refractivity contribution >= 4 is 11.6 Å². The average Bonchev–Trinajstić information content (AvgIpc) is 2.38. The molecule has 2 rings (SSSR count). The van der Waals surface area contributed by atoms with Gasteiger partial charge in [-0.2, -0.15) is 0 Å². The van der Waals surface area contributed by atoms with E-state index in [1.54, 1.807) is 0 Å². The van der Waals surface area contributed by atoms with E-state index in [0.29, 0.717) is 0 Å². The summed E-state index contributed by atoms with van der Waals surface area (Å²) in [5.74, 6) is -0.0438. The topological polar surface area (TPSA) is 50.4 Å². The Hall–Kier alpha value is -1.39. The second-order valence-electron chi connectivity index (χ2n) is 5.45. The number of hydrogen-bond donors (Lipinski definition) is 2. The summed E-state index contributed by atoms with van der Waals surface area (Å²) in [5, 5.41) is 6.33. The lowest BCUT2D eigenvalue weighted by atomic mass is 9.94. The van der Waals surface area contributed by atoms with Gasteiger partial charge in [0, 0.05) is 31.3 Å². The van der Waals surface area contributed by atoms with E-state index in [0.717, 1.165) is 38.3 Å². The largest absolute Gasteiger partial charge is 0.380 e. The van der Waals surface area contributed by atoms with Crippen LogP contribution in [-0.4, -0.2) is 24.7 Å². The highest BCUT2D eigenvalue weighted by Gasteiger charge is 2.26. The Morgan fingerprint density at radius 3 is 2.68 bits per heavy atom. The van der Waals surface area contributed by atoms with Crippen molar-refractivity contribution in [2.45, 2.75) is 38.8 Å². The van der Waals surface area contributed by atoms with Gasteiger partial charge in [0.05, 0.1) is 6.61 Å². The molecule has 0 spiro atoms. The molecule has 19 heavy (non-hydrogen) atoms. The zero-order chi connectivity index (χ0) is 13.7. The molecule has 1 aliphatic rings. The normalized spacial score (nSPS) is 23.1. The van der Waals surface area contributed by atoms with Crippen LogP contribution in [0.2, 0.25) is 0 Å². The van der Waals surface area contributed by atoms with Crippen LogP contribution < -0.4 is 10.6 Å². The molecule has 1 saturated heterocycles. The second-order valence-corrected chi connectivity index (χ2v) is 5.45.